The molecule has 1 unspecified atom stereocenters. The Morgan fingerprint density at radius 2 is 1.26 bits per heavy atom. The highest BCUT2D eigenvalue weighted by molar-refractivity contribution is 5.65. The van der Waals surface area contributed by atoms with Crippen LogP contribution in [0, 0.1) is 0 Å². The summed E-state index contributed by atoms with van der Waals surface area (Å²) in [5, 5.41) is 9.08. The van der Waals surface area contributed by atoms with E-state index in [1.54, 1.807) is 0 Å². The van der Waals surface area contributed by atoms with Crippen molar-refractivity contribution in [3.8, 4) is 0 Å². The van der Waals surface area contributed by atoms with Gasteiger partial charge in [-0.25, -0.2) is 4.39 Å². The number of ether oxygens (including phenoxy) is 2. The third-order valence-electron chi connectivity index (χ3n) is 4.82. The number of hydrogen-bond acceptors (Lipinski definition) is 4. The highest BCUT2D eigenvalue weighted by atomic mass is 19.1. The largest absolute Gasteiger partial charge is 0.462 e. The second-order valence-electron chi connectivity index (χ2n) is 7.74. The lowest BCUT2D eigenvalue weighted by molar-refractivity contribution is -0.149. The summed E-state index contributed by atoms with van der Waals surface area (Å²) >= 11 is 0. The molecule has 0 bridgehead atoms. The van der Waals surface area contributed by atoms with Gasteiger partial charge in [-0.15, -0.1) is 0 Å². The third-order valence-corrected chi connectivity index (χ3v) is 4.82. The molecule has 0 saturated carbocycles. The molecule has 0 fully saturated rings. The molecule has 0 aliphatic rings. The van der Waals surface area contributed by atoms with Crippen molar-refractivity contribution >= 4 is 5.97 Å². The first kappa shape index (κ1) is 26.3. The van der Waals surface area contributed by atoms with Crippen LogP contribution in [-0.4, -0.2) is 43.2 Å². The van der Waals surface area contributed by atoms with E-state index in [1.165, 1.54) is 84.0 Å². The van der Waals surface area contributed by atoms with Gasteiger partial charge >= 0.3 is 5.97 Å². The van der Waals surface area contributed by atoms with Gasteiger partial charge in [0.15, 0.2) is 5.67 Å². The van der Waals surface area contributed by atoms with Gasteiger partial charge in [0.2, 0.25) is 0 Å². The van der Waals surface area contributed by atoms with E-state index in [0.717, 1.165) is 12.8 Å². The van der Waals surface area contributed by atoms with Crippen molar-refractivity contribution in [2.75, 3.05) is 26.4 Å². The highest BCUT2D eigenvalue weighted by Gasteiger charge is 2.31. The molecule has 0 spiro atoms. The SMILES string of the molecule is CCCCCCCCCCCCCCCCOCC(F)(CO)COC(C)=O. The normalized spacial score (nSPS) is 13.5. The molecule has 162 valence electrons. The van der Waals surface area contributed by atoms with Crippen LogP contribution in [0.1, 0.15) is 104 Å². The first-order chi connectivity index (χ1) is 13.0. The molecule has 0 aromatic heterocycles. The molecule has 4 nitrogen and oxygen atoms in total. The van der Waals surface area contributed by atoms with Crippen molar-refractivity contribution in [2.24, 2.45) is 0 Å². The van der Waals surface area contributed by atoms with E-state index in [2.05, 4.69) is 11.7 Å². The number of halogens is 1. The van der Waals surface area contributed by atoms with Crippen molar-refractivity contribution < 1.29 is 23.8 Å². The monoisotopic (exact) mass is 390 g/mol. The standard InChI is InChI=1S/C22H43FO4/c1-3-4-5-6-7-8-9-10-11-12-13-14-15-16-17-26-19-22(23,18-24)20-27-21(2)25/h24H,3-20H2,1-2H3. The Bertz CT molecular complexity index is 338. The van der Waals surface area contributed by atoms with Gasteiger partial charge in [0.1, 0.15) is 6.61 Å². The summed E-state index contributed by atoms with van der Waals surface area (Å²) in [7, 11) is 0. The molecule has 0 rings (SSSR count). The molecule has 0 amide bonds. The average molecular weight is 391 g/mol. The van der Waals surface area contributed by atoms with Crippen molar-refractivity contribution in [3.63, 3.8) is 0 Å². The highest BCUT2D eigenvalue weighted by Crippen LogP contribution is 2.14. The molecule has 0 aliphatic carbocycles. The molecule has 1 N–H and O–H groups in total. The Morgan fingerprint density at radius 3 is 1.67 bits per heavy atom. The molecule has 0 radical (unpaired) electrons. The fourth-order valence-electron chi connectivity index (χ4n) is 3.02. The number of aliphatic hydroxyl groups excluding tert-OH is 1. The molecule has 0 heterocycles. The quantitative estimate of drug-likeness (QED) is 0.212. The average Bonchev–Trinajstić information content (AvgIpc) is 2.66. The molecule has 0 aliphatic heterocycles. The number of carbonyl (C=O) groups is 1. The lowest BCUT2D eigenvalue weighted by Gasteiger charge is -2.22. The maximum atomic E-state index is 14.1. The number of aliphatic hydroxyl groups is 1. The van der Waals surface area contributed by atoms with Crippen LogP contribution >= 0.6 is 0 Å². The first-order valence-electron chi connectivity index (χ1n) is 11.0. The summed E-state index contributed by atoms with van der Waals surface area (Å²) in [6.45, 7) is 2.54. The summed E-state index contributed by atoms with van der Waals surface area (Å²) in [6, 6.07) is 0. The van der Waals surface area contributed by atoms with Gasteiger partial charge in [0.05, 0.1) is 13.2 Å². The van der Waals surface area contributed by atoms with E-state index < -0.39 is 24.9 Å². The van der Waals surface area contributed by atoms with Crippen LogP contribution in [0.4, 0.5) is 4.39 Å². The van der Waals surface area contributed by atoms with Gasteiger partial charge in [-0.2, -0.15) is 0 Å². The molecule has 27 heavy (non-hydrogen) atoms. The zero-order valence-corrected chi connectivity index (χ0v) is 17.8. The van der Waals surface area contributed by atoms with E-state index in [0.29, 0.717) is 6.61 Å². The summed E-state index contributed by atoms with van der Waals surface area (Å²) in [5.74, 6) is -0.558. The Kier molecular flexibility index (Phi) is 18.2. The number of alkyl halides is 1. The second-order valence-corrected chi connectivity index (χ2v) is 7.74. The van der Waals surface area contributed by atoms with Crippen molar-refractivity contribution in [3.05, 3.63) is 0 Å². The van der Waals surface area contributed by atoms with Crippen LogP contribution in [-0.2, 0) is 14.3 Å². The van der Waals surface area contributed by atoms with Gasteiger partial charge in [-0.05, 0) is 6.42 Å². The Hall–Kier alpha value is -0.680. The van der Waals surface area contributed by atoms with Gasteiger partial charge in [-0.1, -0.05) is 90.4 Å². The summed E-state index contributed by atoms with van der Waals surface area (Å²) < 4.78 is 24.0. The fraction of sp³-hybridized carbons (Fsp3) is 0.955. The maximum Gasteiger partial charge on any atom is 0.302 e. The van der Waals surface area contributed by atoms with Crippen LogP contribution < -0.4 is 0 Å². The number of hydrogen-bond donors (Lipinski definition) is 1. The number of esters is 1. The van der Waals surface area contributed by atoms with Gasteiger partial charge in [-0.3, -0.25) is 4.79 Å². The minimum atomic E-state index is -2.00. The fourth-order valence-corrected chi connectivity index (χ4v) is 3.02. The van der Waals surface area contributed by atoms with E-state index in [1.807, 2.05) is 0 Å². The van der Waals surface area contributed by atoms with E-state index in [4.69, 9.17) is 9.84 Å². The molecule has 0 saturated heterocycles. The molecule has 0 aromatic carbocycles. The Balaban J connectivity index is 3.31. The number of rotatable bonds is 20. The minimum Gasteiger partial charge on any atom is -0.462 e. The van der Waals surface area contributed by atoms with E-state index in [9.17, 15) is 9.18 Å². The summed E-state index contributed by atoms with van der Waals surface area (Å²) in [6.07, 6.45) is 18.1. The molecule has 1 atom stereocenters. The van der Waals surface area contributed by atoms with Gasteiger partial charge in [0, 0.05) is 13.5 Å². The Labute approximate surface area is 166 Å². The second kappa shape index (κ2) is 18.7. The van der Waals surface area contributed by atoms with Crippen LogP contribution in [0.2, 0.25) is 0 Å². The van der Waals surface area contributed by atoms with Crippen molar-refractivity contribution in [1.29, 1.82) is 0 Å². The lowest BCUT2D eigenvalue weighted by atomic mass is 10.0. The predicted octanol–water partition coefficient (Wildman–Crippen LogP) is 5.75. The van der Waals surface area contributed by atoms with E-state index >= 15 is 0 Å². The topological polar surface area (TPSA) is 55.8 Å². The van der Waals surface area contributed by atoms with Gasteiger partial charge < -0.3 is 14.6 Å². The summed E-state index contributed by atoms with van der Waals surface area (Å²) in [5.41, 5.74) is -2.00. The molecule has 5 heteroatoms. The summed E-state index contributed by atoms with van der Waals surface area (Å²) in [4.78, 5) is 10.7. The van der Waals surface area contributed by atoms with Crippen molar-refractivity contribution in [1.82, 2.24) is 0 Å². The maximum absolute atomic E-state index is 14.1. The van der Waals surface area contributed by atoms with Crippen LogP contribution in [0.3, 0.4) is 0 Å². The lowest BCUT2D eigenvalue weighted by Crippen LogP contribution is -2.39. The Morgan fingerprint density at radius 1 is 0.815 bits per heavy atom. The molecular weight excluding hydrogens is 347 g/mol. The van der Waals surface area contributed by atoms with Crippen LogP contribution in [0.5, 0.6) is 0 Å². The zero-order valence-electron chi connectivity index (χ0n) is 17.8. The number of carbonyl (C=O) groups excluding carboxylic acids is 1. The smallest absolute Gasteiger partial charge is 0.302 e. The van der Waals surface area contributed by atoms with Crippen molar-refractivity contribution in [2.45, 2.75) is 109 Å². The number of unbranched alkanes of at least 4 members (excludes halogenated alkanes) is 13. The first-order valence-corrected chi connectivity index (χ1v) is 11.0. The van der Waals surface area contributed by atoms with Crippen LogP contribution in [0.15, 0.2) is 0 Å². The predicted molar refractivity (Wildman–Crippen MR) is 109 cm³/mol. The van der Waals surface area contributed by atoms with Crippen LogP contribution in [0.25, 0.3) is 0 Å². The third kappa shape index (κ3) is 18.4. The zero-order chi connectivity index (χ0) is 20.2. The molecular formula is C22H43FO4. The van der Waals surface area contributed by atoms with E-state index in [-0.39, 0.29) is 6.61 Å². The molecule has 0 aromatic rings. The van der Waals surface area contributed by atoms with Gasteiger partial charge in [0.25, 0.3) is 0 Å². The minimum absolute atomic E-state index is 0.241.